The van der Waals surface area contributed by atoms with E-state index in [0.29, 0.717) is 4.90 Å². The molecule has 0 aliphatic carbocycles. The smallest absolute Gasteiger partial charge is 0.276 e. The minimum atomic E-state index is -2.49. The maximum absolute atomic E-state index is 13.5. The van der Waals surface area contributed by atoms with Crippen molar-refractivity contribution >= 4 is 35.8 Å². The SMILES string of the molecule is Cl.O=C(Nc1cc(F)ccc1SCC(F)F)c1ccn(C2CCCNC2)n1. The molecule has 10 heteroatoms. The van der Waals surface area contributed by atoms with Crippen LogP contribution in [-0.2, 0) is 0 Å². The van der Waals surface area contributed by atoms with Gasteiger partial charge in [-0.2, -0.15) is 5.10 Å². The molecule has 1 aromatic heterocycles. The van der Waals surface area contributed by atoms with Crippen LogP contribution in [0.15, 0.2) is 35.4 Å². The number of rotatable bonds is 6. The Morgan fingerprint density at radius 3 is 2.93 bits per heavy atom. The van der Waals surface area contributed by atoms with Crippen molar-refractivity contribution in [2.75, 3.05) is 24.2 Å². The quantitative estimate of drug-likeness (QED) is 0.694. The first-order chi connectivity index (χ1) is 12.5. The van der Waals surface area contributed by atoms with Crippen molar-refractivity contribution in [3.63, 3.8) is 0 Å². The number of nitrogens with one attached hydrogen (secondary N) is 2. The molecule has 1 fully saturated rings. The zero-order valence-corrected chi connectivity index (χ0v) is 16.0. The fraction of sp³-hybridized carbons (Fsp3) is 0.412. The Labute approximate surface area is 165 Å². The number of hydrogen-bond donors (Lipinski definition) is 2. The molecule has 1 amide bonds. The van der Waals surface area contributed by atoms with Crippen LogP contribution in [0.5, 0.6) is 0 Å². The van der Waals surface area contributed by atoms with Gasteiger partial charge in [0.05, 0.1) is 17.5 Å². The molecule has 2 heterocycles. The molecule has 2 aromatic rings. The van der Waals surface area contributed by atoms with Crippen LogP contribution in [0.1, 0.15) is 29.4 Å². The van der Waals surface area contributed by atoms with Crippen LogP contribution in [0.4, 0.5) is 18.9 Å². The van der Waals surface area contributed by atoms with Crippen molar-refractivity contribution in [3.05, 3.63) is 42.0 Å². The number of carbonyl (C=O) groups is 1. The van der Waals surface area contributed by atoms with E-state index in [1.807, 2.05) is 0 Å². The van der Waals surface area contributed by atoms with Crippen molar-refractivity contribution in [1.82, 2.24) is 15.1 Å². The number of nitrogens with zero attached hydrogens (tertiary/aromatic N) is 2. The molecule has 1 aliphatic heterocycles. The highest BCUT2D eigenvalue weighted by molar-refractivity contribution is 7.99. The second-order valence-corrected chi connectivity index (χ2v) is 7.04. The normalized spacial score (nSPS) is 16.8. The summed E-state index contributed by atoms with van der Waals surface area (Å²) in [5.74, 6) is -1.49. The number of alkyl halides is 2. The average molecular weight is 421 g/mol. The van der Waals surface area contributed by atoms with Gasteiger partial charge in [0.25, 0.3) is 5.91 Å². The van der Waals surface area contributed by atoms with Gasteiger partial charge in [0.1, 0.15) is 5.82 Å². The average Bonchev–Trinajstić information content (AvgIpc) is 3.12. The molecule has 148 valence electrons. The maximum Gasteiger partial charge on any atom is 0.276 e. The summed E-state index contributed by atoms with van der Waals surface area (Å²) in [5, 5.41) is 10.2. The Morgan fingerprint density at radius 1 is 1.41 bits per heavy atom. The predicted octanol–water partition coefficient (Wildman–Crippen LogP) is 3.98. The first-order valence-corrected chi connectivity index (χ1v) is 9.29. The number of benzene rings is 1. The molecule has 0 saturated carbocycles. The van der Waals surface area contributed by atoms with E-state index in [1.165, 1.54) is 12.1 Å². The van der Waals surface area contributed by atoms with Crippen LogP contribution in [0.25, 0.3) is 0 Å². The molecule has 0 spiro atoms. The molecule has 1 aromatic carbocycles. The Hall–Kier alpha value is -1.71. The number of aromatic nitrogens is 2. The van der Waals surface area contributed by atoms with Crippen LogP contribution in [0.2, 0.25) is 0 Å². The third kappa shape index (κ3) is 5.88. The van der Waals surface area contributed by atoms with Gasteiger partial charge in [0.15, 0.2) is 5.69 Å². The van der Waals surface area contributed by atoms with Crippen molar-refractivity contribution in [2.24, 2.45) is 0 Å². The summed E-state index contributed by atoms with van der Waals surface area (Å²) in [7, 11) is 0. The second kappa shape index (κ2) is 10.0. The molecule has 1 saturated heterocycles. The van der Waals surface area contributed by atoms with Gasteiger partial charge in [-0.1, -0.05) is 0 Å². The highest BCUT2D eigenvalue weighted by atomic mass is 35.5. The molecule has 1 atom stereocenters. The lowest BCUT2D eigenvalue weighted by Crippen LogP contribution is -2.32. The van der Waals surface area contributed by atoms with Crippen LogP contribution in [-0.4, -0.2) is 41.0 Å². The molecule has 1 aliphatic rings. The van der Waals surface area contributed by atoms with E-state index in [4.69, 9.17) is 0 Å². The van der Waals surface area contributed by atoms with E-state index < -0.39 is 23.9 Å². The third-order valence-electron chi connectivity index (χ3n) is 4.04. The number of hydrogen-bond acceptors (Lipinski definition) is 4. The van der Waals surface area contributed by atoms with Gasteiger partial charge in [-0.25, -0.2) is 13.2 Å². The standard InChI is InChI=1S/C17H19F3N4OS.ClH/c18-11-3-4-15(26-10-16(19)20)14(8-11)22-17(25)13-5-7-24(23-13)12-2-1-6-21-9-12;/h3-5,7-8,12,16,21H,1-2,6,9-10H2,(H,22,25);1H. The minimum absolute atomic E-state index is 0. The van der Waals surface area contributed by atoms with Gasteiger partial charge in [0, 0.05) is 17.6 Å². The van der Waals surface area contributed by atoms with Crippen molar-refractivity contribution in [1.29, 1.82) is 0 Å². The lowest BCUT2D eigenvalue weighted by Gasteiger charge is -2.22. The Balaban J connectivity index is 0.00000261. The van der Waals surface area contributed by atoms with Crippen LogP contribution < -0.4 is 10.6 Å². The lowest BCUT2D eigenvalue weighted by molar-refractivity contribution is 0.102. The van der Waals surface area contributed by atoms with E-state index in [1.54, 1.807) is 16.9 Å². The number of halogens is 4. The van der Waals surface area contributed by atoms with Crippen molar-refractivity contribution in [2.45, 2.75) is 30.2 Å². The van der Waals surface area contributed by atoms with Gasteiger partial charge in [-0.3, -0.25) is 9.48 Å². The summed E-state index contributed by atoms with van der Waals surface area (Å²) in [6, 6.07) is 5.46. The third-order valence-corrected chi connectivity index (χ3v) is 5.13. The molecular formula is C17H20ClF3N4OS. The van der Waals surface area contributed by atoms with Gasteiger partial charge < -0.3 is 10.6 Å². The molecule has 27 heavy (non-hydrogen) atoms. The second-order valence-electron chi connectivity index (χ2n) is 5.98. The fourth-order valence-corrected chi connectivity index (χ4v) is 3.52. The van der Waals surface area contributed by atoms with Crippen molar-refractivity contribution < 1.29 is 18.0 Å². The number of piperidine rings is 1. The summed E-state index contributed by atoms with van der Waals surface area (Å²) in [6.45, 7) is 1.77. The highest BCUT2D eigenvalue weighted by Crippen LogP contribution is 2.29. The molecule has 1 unspecified atom stereocenters. The Morgan fingerprint density at radius 2 is 2.22 bits per heavy atom. The topological polar surface area (TPSA) is 59.0 Å². The largest absolute Gasteiger partial charge is 0.319 e. The molecule has 5 nitrogen and oxygen atoms in total. The van der Waals surface area contributed by atoms with E-state index in [-0.39, 0.29) is 29.8 Å². The predicted molar refractivity (Wildman–Crippen MR) is 102 cm³/mol. The minimum Gasteiger partial charge on any atom is -0.319 e. The van der Waals surface area contributed by atoms with Crippen LogP contribution >= 0.6 is 24.2 Å². The summed E-state index contributed by atoms with van der Waals surface area (Å²) in [6.07, 6.45) is 1.27. The summed E-state index contributed by atoms with van der Waals surface area (Å²) >= 11 is 0.864. The van der Waals surface area contributed by atoms with E-state index >= 15 is 0 Å². The molecule has 0 bridgehead atoms. The maximum atomic E-state index is 13.5. The zero-order valence-electron chi connectivity index (χ0n) is 14.3. The molecule has 2 N–H and O–H groups in total. The summed E-state index contributed by atoms with van der Waals surface area (Å²) in [4.78, 5) is 12.8. The first-order valence-electron chi connectivity index (χ1n) is 8.30. The number of amides is 1. The highest BCUT2D eigenvalue weighted by Gasteiger charge is 2.19. The van der Waals surface area contributed by atoms with E-state index in [2.05, 4.69) is 15.7 Å². The Kier molecular flexibility index (Phi) is 8.00. The van der Waals surface area contributed by atoms with Crippen LogP contribution in [0, 0.1) is 5.82 Å². The number of thioether (sulfide) groups is 1. The van der Waals surface area contributed by atoms with Gasteiger partial charge in [-0.15, -0.1) is 24.2 Å². The lowest BCUT2D eigenvalue weighted by atomic mass is 10.1. The van der Waals surface area contributed by atoms with Crippen molar-refractivity contribution in [3.8, 4) is 0 Å². The van der Waals surface area contributed by atoms with Gasteiger partial charge >= 0.3 is 0 Å². The Bertz CT molecular complexity index is 768. The van der Waals surface area contributed by atoms with Gasteiger partial charge in [-0.05, 0) is 43.7 Å². The summed E-state index contributed by atoms with van der Waals surface area (Å²) < 4.78 is 40.1. The van der Waals surface area contributed by atoms with E-state index in [0.717, 1.165) is 43.8 Å². The monoisotopic (exact) mass is 420 g/mol. The summed E-state index contributed by atoms with van der Waals surface area (Å²) in [5.41, 5.74) is 0.360. The van der Waals surface area contributed by atoms with E-state index in [9.17, 15) is 18.0 Å². The number of carbonyl (C=O) groups excluding carboxylic acids is 1. The zero-order chi connectivity index (χ0) is 18.5. The molecule has 3 rings (SSSR count). The van der Waals surface area contributed by atoms with Gasteiger partial charge in [0.2, 0.25) is 6.43 Å². The van der Waals surface area contributed by atoms with Crippen LogP contribution in [0.3, 0.4) is 0 Å². The number of anilines is 1. The molecule has 0 radical (unpaired) electrons. The first kappa shape index (κ1) is 21.6. The molecular weight excluding hydrogens is 401 g/mol. The fourth-order valence-electron chi connectivity index (χ4n) is 2.79.